The summed E-state index contributed by atoms with van der Waals surface area (Å²) in [5, 5.41) is 0. The minimum atomic E-state index is -1.16. The second-order valence-corrected chi connectivity index (χ2v) is 9.27. The van der Waals surface area contributed by atoms with Crippen molar-refractivity contribution >= 4 is 5.97 Å². The Kier molecular flexibility index (Phi) is 8.14. The highest BCUT2D eigenvalue weighted by molar-refractivity contribution is 5.91. The van der Waals surface area contributed by atoms with Gasteiger partial charge in [-0.25, -0.2) is 13.6 Å². The van der Waals surface area contributed by atoms with Gasteiger partial charge in [0.25, 0.3) is 0 Å². The summed E-state index contributed by atoms with van der Waals surface area (Å²) >= 11 is 0. The average molecular weight is 495 g/mol. The van der Waals surface area contributed by atoms with Crippen molar-refractivity contribution in [1.29, 1.82) is 0 Å². The first-order chi connectivity index (χ1) is 17.4. The van der Waals surface area contributed by atoms with Crippen molar-refractivity contribution in [2.75, 3.05) is 6.61 Å². The Bertz CT molecular complexity index is 1230. The Morgan fingerprint density at radius 2 is 1.69 bits per heavy atom. The standard InChI is InChI=1S/C30H29F3O3/c1-3-4-17-35-23-13-14-24(26(31)18-23)20-9-11-22(12-10-20)30(34)36-27-16-15-25(28(32)29(27)33)21-7-5-19(2)6-8-21/h3,9-16,18-19,21H,1,4-8,17H2,2H3. The number of esters is 1. The first-order valence-electron chi connectivity index (χ1n) is 12.2. The molecule has 0 unspecified atom stereocenters. The fourth-order valence-corrected chi connectivity index (χ4v) is 4.54. The van der Waals surface area contributed by atoms with Crippen molar-refractivity contribution in [3.8, 4) is 22.6 Å². The zero-order valence-corrected chi connectivity index (χ0v) is 20.2. The highest BCUT2D eigenvalue weighted by Crippen LogP contribution is 2.38. The van der Waals surface area contributed by atoms with E-state index < -0.39 is 29.2 Å². The number of halogens is 3. The number of rotatable bonds is 8. The second kappa shape index (κ2) is 11.5. The van der Waals surface area contributed by atoms with Crippen LogP contribution in [0.5, 0.6) is 11.5 Å². The summed E-state index contributed by atoms with van der Waals surface area (Å²) in [5.41, 5.74) is 1.35. The van der Waals surface area contributed by atoms with Crippen LogP contribution in [0.1, 0.15) is 60.9 Å². The number of benzene rings is 3. The molecule has 36 heavy (non-hydrogen) atoms. The van der Waals surface area contributed by atoms with Gasteiger partial charge in [0.1, 0.15) is 11.6 Å². The van der Waals surface area contributed by atoms with Crippen LogP contribution in [0.25, 0.3) is 11.1 Å². The van der Waals surface area contributed by atoms with Gasteiger partial charge in [0, 0.05) is 11.6 Å². The molecule has 0 atom stereocenters. The summed E-state index contributed by atoms with van der Waals surface area (Å²) in [5.74, 6) is -2.88. The van der Waals surface area contributed by atoms with Gasteiger partial charge in [0.2, 0.25) is 5.82 Å². The molecule has 0 aromatic heterocycles. The normalized spacial score (nSPS) is 17.4. The van der Waals surface area contributed by atoms with Gasteiger partial charge in [0.05, 0.1) is 12.2 Å². The van der Waals surface area contributed by atoms with Gasteiger partial charge >= 0.3 is 5.97 Å². The third-order valence-electron chi connectivity index (χ3n) is 6.70. The number of ether oxygens (including phenoxy) is 2. The van der Waals surface area contributed by atoms with Crippen LogP contribution in [-0.4, -0.2) is 12.6 Å². The predicted molar refractivity (Wildman–Crippen MR) is 134 cm³/mol. The van der Waals surface area contributed by atoms with Crippen LogP contribution in [0.15, 0.2) is 67.3 Å². The van der Waals surface area contributed by atoms with E-state index in [1.807, 2.05) is 0 Å². The molecule has 0 aliphatic heterocycles. The highest BCUT2D eigenvalue weighted by Gasteiger charge is 2.26. The lowest BCUT2D eigenvalue weighted by atomic mass is 9.79. The molecule has 1 fully saturated rings. The van der Waals surface area contributed by atoms with Gasteiger partial charge in [-0.15, -0.1) is 6.58 Å². The second-order valence-electron chi connectivity index (χ2n) is 9.27. The van der Waals surface area contributed by atoms with E-state index in [-0.39, 0.29) is 11.5 Å². The number of carbonyl (C=O) groups excluding carboxylic acids is 1. The summed E-state index contributed by atoms with van der Waals surface area (Å²) in [4.78, 5) is 12.6. The van der Waals surface area contributed by atoms with Gasteiger partial charge in [-0.2, -0.15) is 4.39 Å². The quantitative estimate of drug-likeness (QED) is 0.137. The number of hydrogen-bond donors (Lipinski definition) is 0. The molecule has 3 aromatic rings. The Balaban J connectivity index is 1.44. The zero-order chi connectivity index (χ0) is 25.7. The van der Waals surface area contributed by atoms with E-state index in [0.717, 1.165) is 25.7 Å². The van der Waals surface area contributed by atoms with Crippen LogP contribution < -0.4 is 9.47 Å². The van der Waals surface area contributed by atoms with Gasteiger partial charge in [-0.1, -0.05) is 44.0 Å². The molecule has 4 rings (SSSR count). The number of carbonyl (C=O) groups is 1. The van der Waals surface area contributed by atoms with Crippen LogP contribution in [-0.2, 0) is 0 Å². The molecule has 0 heterocycles. The summed E-state index contributed by atoms with van der Waals surface area (Å²) in [6.07, 6.45) is 5.96. The van der Waals surface area contributed by atoms with Gasteiger partial charge in [-0.05, 0) is 72.6 Å². The van der Waals surface area contributed by atoms with Gasteiger partial charge in [0.15, 0.2) is 11.6 Å². The minimum absolute atomic E-state index is 0.0267. The molecule has 1 saturated carbocycles. The van der Waals surface area contributed by atoms with Crippen LogP contribution in [0.3, 0.4) is 0 Å². The third kappa shape index (κ3) is 5.81. The maximum atomic E-state index is 14.8. The smallest absolute Gasteiger partial charge is 0.343 e. The molecule has 1 aliphatic rings. The first kappa shape index (κ1) is 25.5. The van der Waals surface area contributed by atoms with Gasteiger partial charge < -0.3 is 9.47 Å². The van der Waals surface area contributed by atoms with Crippen molar-refractivity contribution < 1.29 is 27.4 Å². The largest absolute Gasteiger partial charge is 0.493 e. The fraction of sp³-hybridized carbons (Fsp3) is 0.300. The van der Waals surface area contributed by atoms with E-state index >= 15 is 0 Å². The average Bonchev–Trinajstić information content (AvgIpc) is 2.88. The van der Waals surface area contributed by atoms with E-state index in [0.29, 0.717) is 41.4 Å². The monoisotopic (exact) mass is 494 g/mol. The molecule has 3 aromatic carbocycles. The Morgan fingerprint density at radius 3 is 2.36 bits per heavy atom. The molecule has 0 saturated heterocycles. The predicted octanol–water partition coefficient (Wildman–Crippen LogP) is 8.24. The first-order valence-corrected chi connectivity index (χ1v) is 12.2. The van der Waals surface area contributed by atoms with Crippen molar-refractivity contribution in [3.63, 3.8) is 0 Å². The molecule has 3 nitrogen and oxygen atoms in total. The van der Waals surface area contributed by atoms with Crippen LogP contribution in [0.2, 0.25) is 0 Å². The highest BCUT2D eigenvalue weighted by atomic mass is 19.2. The molecule has 0 bridgehead atoms. The number of hydrogen-bond acceptors (Lipinski definition) is 3. The molecular weight excluding hydrogens is 465 g/mol. The summed E-state index contributed by atoms with van der Waals surface area (Å²) < 4.78 is 54.7. The fourth-order valence-electron chi connectivity index (χ4n) is 4.54. The van der Waals surface area contributed by atoms with Crippen molar-refractivity contribution in [3.05, 3.63) is 95.8 Å². The van der Waals surface area contributed by atoms with E-state index in [1.165, 1.54) is 30.3 Å². The molecule has 1 aliphatic carbocycles. The molecule has 6 heteroatoms. The van der Waals surface area contributed by atoms with Crippen molar-refractivity contribution in [1.82, 2.24) is 0 Å². The Morgan fingerprint density at radius 1 is 0.972 bits per heavy atom. The Hall–Kier alpha value is -3.54. The third-order valence-corrected chi connectivity index (χ3v) is 6.70. The molecule has 188 valence electrons. The van der Waals surface area contributed by atoms with Crippen LogP contribution in [0.4, 0.5) is 13.2 Å². The van der Waals surface area contributed by atoms with Gasteiger partial charge in [-0.3, -0.25) is 0 Å². The molecule has 0 amide bonds. The maximum Gasteiger partial charge on any atom is 0.343 e. The molecule has 0 radical (unpaired) electrons. The van der Waals surface area contributed by atoms with Crippen LogP contribution >= 0.6 is 0 Å². The molecule has 0 spiro atoms. The lowest BCUT2D eigenvalue weighted by Crippen LogP contribution is -2.14. The summed E-state index contributed by atoms with van der Waals surface area (Å²) in [7, 11) is 0. The lowest BCUT2D eigenvalue weighted by Gasteiger charge is -2.27. The minimum Gasteiger partial charge on any atom is -0.493 e. The molecule has 0 N–H and O–H groups in total. The maximum absolute atomic E-state index is 14.8. The SMILES string of the molecule is C=CCCOc1ccc(-c2ccc(C(=O)Oc3ccc(C4CCC(C)CC4)c(F)c3F)cc2)c(F)c1. The zero-order valence-electron chi connectivity index (χ0n) is 20.2. The lowest BCUT2D eigenvalue weighted by molar-refractivity contribution is 0.0726. The summed E-state index contributed by atoms with van der Waals surface area (Å²) in [6, 6.07) is 13.4. The van der Waals surface area contributed by atoms with Crippen molar-refractivity contribution in [2.45, 2.75) is 44.9 Å². The topological polar surface area (TPSA) is 35.5 Å². The van der Waals surface area contributed by atoms with Crippen molar-refractivity contribution in [2.24, 2.45) is 5.92 Å². The van der Waals surface area contributed by atoms with E-state index in [2.05, 4.69) is 13.5 Å². The van der Waals surface area contributed by atoms with E-state index in [9.17, 15) is 18.0 Å². The van der Waals surface area contributed by atoms with Crippen LogP contribution in [0, 0.1) is 23.4 Å². The van der Waals surface area contributed by atoms with E-state index in [1.54, 1.807) is 30.3 Å². The van der Waals surface area contributed by atoms with E-state index in [4.69, 9.17) is 9.47 Å². The molecular formula is C30H29F3O3. The summed E-state index contributed by atoms with van der Waals surface area (Å²) in [6.45, 7) is 6.19. The Labute approximate surface area is 209 Å².